The summed E-state index contributed by atoms with van der Waals surface area (Å²) in [6, 6.07) is 13.4. The molecule has 0 bridgehead atoms. The minimum absolute atomic E-state index is 0.116. The number of nitrogens with zero attached hydrogens (tertiary/aromatic N) is 1. The number of carbonyl (C=O) groups excluding carboxylic acids is 1. The van der Waals surface area contributed by atoms with Crippen LogP contribution in [0.2, 0.25) is 0 Å². The Morgan fingerprint density at radius 3 is 2.60 bits per heavy atom. The van der Waals surface area contributed by atoms with Crippen molar-refractivity contribution in [2.45, 2.75) is 33.1 Å². The lowest BCUT2D eigenvalue weighted by Crippen LogP contribution is -2.38. The molecule has 0 spiro atoms. The number of ether oxygens (including phenoxy) is 1. The summed E-state index contributed by atoms with van der Waals surface area (Å²) in [6.07, 6.45) is 4.94. The number of unbranched alkanes of at least 4 members (excludes halogenated alkanes) is 2. The molecule has 0 saturated carbocycles. The van der Waals surface area contributed by atoms with Crippen molar-refractivity contribution in [3.05, 3.63) is 59.4 Å². The normalized spacial score (nSPS) is 15.2. The van der Waals surface area contributed by atoms with Crippen LogP contribution in [-0.2, 0) is 4.79 Å². The molecule has 3 rings (SSSR count). The molecule has 0 fully saturated rings. The molecule has 0 aliphatic carbocycles. The van der Waals surface area contributed by atoms with Crippen molar-refractivity contribution in [2.75, 3.05) is 17.2 Å². The van der Waals surface area contributed by atoms with Crippen LogP contribution in [0.3, 0.4) is 0 Å². The van der Waals surface area contributed by atoms with Crippen molar-refractivity contribution >= 4 is 23.4 Å². The van der Waals surface area contributed by atoms with E-state index in [1.165, 1.54) is 5.56 Å². The van der Waals surface area contributed by atoms with Gasteiger partial charge in [0.15, 0.2) is 11.5 Å². The van der Waals surface area contributed by atoms with Gasteiger partial charge >= 0.3 is 0 Å². The van der Waals surface area contributed by atoms with E-state index in [0.29, 0.717) is 23.7 Å². The third kappa shape index (κ3) is 3.85. The second-order valence-corrected chi connectivity index (χ2v) is 6.41. The molecule has 0 atom stereocenters. The fourth-order valence-electron chi connectivity index (χ4n) is 2.88. The van der Waals surface area contributed by atoms with Gasteiger partial charge in [-0.15, -0.1) is 0 Å². The summed E-state index contributed by atoms with van der Waals surface area (Å²) in [5.41, 5.74) is 9.41. The molecule has 1 amide bonds. The molecular weight excluding hydrogens is 312 g/mol. The van der Waals surface area contributed by atoms with E-state index >= 15 is 0 Å². The molecule has 130 valence electrons. The fraction of sp³-hybridized carbons (Fsp3) is 0.286. The van der Waals surface area contributed by atoms with Gasteiger partial charge in [0, 0.05) is 12.2 Å². The van der Waals surface area contributed by atoms with Crippen LogP contribution in [0.4, 0.5) is 11.4 Å². The zero-order valence-corrected chi connectivity index (χ0v) is 14.8. The van der Waals surface area contributed by atoms with Crippen LogP contribution in [-0.4, -0.2) is 12.5 Å². The Bertz CT molecular complexity index is 794. The van der Waals surface area contributed by atoms with Gasteiger partial charge in [-0.3, -0.25) is 4.79 Å². The average molecular weight is 336 g/mol. The first-order valence-electron chi connectivity index (χ1n) is 8.76. The second kappa shape index (κ2) is 7.43. The lowest BCUT2D eigenvalue weighted by atomic mass is 10.1. The Balaban J connectivity index is 1.95. The van der Waals surface area contributed by atoms with Gasteiger partial charge in [0.05, 0.1) is 5.69 Å². The highest BCUT2D eigenvalue weighted by Crippen LogP contribution is 2.37. The Hall–Kier alpha value is -2.75. The Morgan fingerprint density at radius 2 is 1.88 bits per heavy atom. The minimum atomic E-state index is -0.116. The zero-order valence-electron chi connectivity index (χ0n) is 14.8. The number of rotatable bonds is 5. The molecule has 2 aromatic rings. The SMILES string of the molecule is CCCCCN1C(=O)/C(=C\c2ccc(C)cc2)Oc2ccc(N)cc21. The third-order valence-corrected chi connectivity index (χ3v) is 4.31. The van der Waals surface area contributed by atoms with Crippen molar-refractivity contribution in [2.24, 2.45) is 0 Å². The number of fused-ring (bicyclic) bond motifs is 1. The maximum Gasteiger partial charge on any atom is 0.294 e. The number of carbonyl (C=O) groups is 1. The predicted octanol–water partition coefficient (Wildman–Crippen LogP) is 4.53. The van der Waals surface area contributed by atoms with Gasteiger partial charge in [-0.1, -0.05) is 49.6 Å². The largest absolute Gasteiger partial charge is 0.449 e. The van der Waals surface area contributed by atoms with Crippen LogP contribution < -0.4 is 15.4 Å². The molecule has 0 saturated heterocycles. The van der Waals surface area contributed by atoms with Gasteiger partial charge in [-0.25, -0.2) is 0 Å². The van der Waals surface area contributed by atoms with Crippen LogP contribution in [0, 0.1) is 6.92 Å². The zero-order chi connectivity index (χ0) is 17.8. The summed E-state index contributed by atoms with van der Waals surface area (Å²) in [7, 11) is 0. The maximum absolute atomic E-state index is 13.0. The number of benzene rings is 2. The van der Waals surface area contributed by atoms with Crippen molar-refractivity contribution in [3.63, 3.8) is 0 Å². The number of anilines is 2. The van der Waals surface area contributed by atoms with Crippen molar-refractivity contribution in [1.82, 2.24) is 0 Å². The van der Waals surface area contributed by atoms with Gasteiger partial charge < -0.3 is 15.4 Å². The number of aryl methyl sites for hydroxylation is 1. The second-order valence-electron chi connectivity index (χ2n) is 6.41. The first kappa shape index (κ1) is 17.1. The Morgan fingerprint density at radius 1 is 1.12 bits per heavy atom. The molecule has 1 heterocycles. The Labute approximate surface area is 148 Å². The van der Waals surface area contributed by atoms with Crippen molar-refractivity contribution in [3.8, 4) is 5.75 Å². The molecule has 4 heteroatoms. The van der Waals surface area contributed by atoms with E-state index in [1.807, 2.05) is 43.3 Å². The summed E-state index contributed by atoms with van der Waals surface area (Å²) in [6.45, 7) is 4.85. The molecule has 0 aromatic heterocycles. The van der Waals surface area contributed by atoms with E-state index < -0.39 is 0 Å². The highest BCUT2D eigenvalue weighted by molar-refractivity contribution is 6.10. The highest BCUT2D eigenvalue weighted by atomic mass is 16.5. The summed E-state index contributed by atoms with van der Waals surface area (Å²) >= 11 is 0. The number of nitrogens with two attached hydrogens (primary N) is 1. The molecule has 1 aliphatic rings. The van der Waals surface area contributed by atoms with Gasteiger partial charge in [0.1, 0.15) is 0 Å². The molecular formula is C21H24N2O2. The summed E-state index contributed by atoms with van der Waals surface area (Å²) in [4.78, 5) is 14.7. The predicted molar refractivity (Wildman–Crippen MR) is 103 cm³/mol. The first-order valence-corrected chi connectivity index (χ1v) is 8.76. The number of amides is 1. The number of nitrogen functional groups attached to an aromatic ring is 1. The number of hydrogen-bond acceptors (Lipinski definition) is 3. The molecule has 0 unspecified atom stereocenters. The van der Waals surface area contributed by atoms with E-state index in [9.17, 15) is 4.79 Å². The van der Waals surface area contributed by atoms with E-state index in [1.54, 1.807) is 17.0 Å². The third-order valence-electron chi connectivity index (χ3n) is 4.31. The quantitative estimate of drug-likeness (QED) is 0.496. The van der Waals surface area contributed by atoms with Crippen molar-refractivity contribution < 1.29 is 9.53 Å². The molecule has 2 N–H and O–H groups in total. The molecule has 2 aromatic carbocycles. The molecule has 1 aliphatic heterocycles. The molecule has 4 nitrogen and oxygen atoms in total. The lowest BCUT2D eigenvalue weighted by molar-refractivity contribution is -0.117. The van der Waals surface area contributed by atoms with Crippen LogP contribution in [0.25, 0.3) is 6.08 Å². The van der Waals surface area contributed by atoms with Crippen molar-refractivity contribution in [1.29, 1.82) is 0 Å². The smallest absolute Gasteiger partial charge is 0.294 e. The fourth-order valence-corrected chi connectivity index (χ4v) is 2.88. The van der Waals surface area contributed by atoms with Crippen LogP contribution in [0.1, 0.15) is 37.3 Å². The Kier molecular flexibility index (Phi) is 5.08. The average Bonchev–Trinajstić information content (AvgIpc) is 2.60. The number of hydrogen-bond donors (Lipinski definition) is 1. The standard InChI is InChI=1S/C21H24N2O2/c1-3-4-5-12-23-18-14-17(22)10-11-19(18)25-20(21(23)24)13-16-8-6-15(2)7-9-16/h6-11,13-14H,3-5,12,22H2,1-2H3/b20-13+. The lowest BCUT2D eigenvalue weighted by Gasteiger charge is -2.30. The van der Waals surface area contributed by atoms with Gasteiger partial charge in [0.25, 0.3) is 5.91 Å². The van der Waals surface area contributed by atoms with E-state index in [0.717, 1.165) is 30.5 Å². The van der Waals surface area contributed by atoms with E-state index in [4.69, 9.17) is 10.5 Å². The summed E-state index contributed by atoms with van der Waals surface area (Å²) in [5.74, 6) is 0.899. The van der Waals surface area contributed by atoms with Gasteiger partial charge in [-0.2, -0.15) is 0 Å². The van der Waals surface area contributed by atoms with Crippen LogP contribution in [0.5, 0.6) is 5.75 Å². The van der Waals surface area contributed by atoms with Crippen LogP contribution >= 0.6 is 0 Å². The highest BCUT2D eigenvalue weighted by Gasteiger charge is 2.30. The molecule has 25 heavy (non-hydrogen) atoms. The van der Waals surface area contributed by atoms with Gasteiger partial charge in [-0.05, 0) is 43.2 Å². The van der Waals surface area contributed by atoms with E-state index in [-0.39, 0.29) is 5.91 Å². The minimum Gasteiger partial charge on any atom is -0.449 e. The monoisotopic (exact) mass is 336 g/mol. The topological polar surface area (TPSA) is 55.6 Å². The summed E-state index contributed by atoms with van der Waals surface area (Å²) in [5, 5.41) is 0. The van der Waals surface area contributed by atoms with Crippen LogP contribution in [0.15, 0.2) is 48.2 Å². The summed E-state index contributed by atoms with van der Waals surface area (Å²) < 4.78 is 5.88. The van der Waals surface area contributed by atoms with Gasteiger partial charge in [0.2, 0.25) is 0 Å². The first-order chi connectivity index (χ1) is 12.1. The molecule has 0 radical (unpaired) electrons. The van der Waals surface area contributed by atoms with E-state index in [2.05, 4.69) is 6.92 Å². The maximum atomic E-state index is 13.0.